The Morgan fingerprint density at radius 2 is 2.05 bits per heavy atom. The fraction of sp³-hybridized carbons (Fsp3) is 0.571. The van der Waals surface area contributed by atoms with Crippen molar-refractivity contribution in [3.63, 3.8) is 0 Å². The van der Waals surface area contributed by atoms with E-state index < -0.39 is 10.0 Å². The number of sulfonamides is 1. The van der Waals surface area contributed by atoms with E-state index in [0.717, 1.165) is 24.8 Å². The lowest BCUT2D eigenvalue weighted by Gasteiger charge is -2.32. The van der Waals surface area contributed by atoms with Gasteiger partial charge in [-0.05, 0) is 65.5 Å². The third-order valence-corrected chi connectivity index (χ3v) is 5.83. The van der Waals surface area contributed by atoms with Gasteiger partial charge in [-0.3, -0.25) is 0 Å². The average molecular weight is 408 g/mol. The van der Waals surface area contributed by atoms with Gasteiger partial charge in [-0.1, -0.05) is 12.1 Å². The summed E-state index contributed by atoms with van der Waals surface area (Å²) in [7, 11) is -3.07. The molecular formula is C14H21IN2O2S. The fourth-order valence-corrected chi connectivity index (χ4v) is 4.03. The lowest BCUT2D eigenvalue weighted by Crippen LogP contribution is -2.40. The van der Waals surface area contributed by atoms with Gasteiger partial charge in [0, 0.05) is 22.7 Å². The van der Waals surface area contributed by atoms with Crippen LogP contribution >= 0.6 is 22.6 Å². The van der Waals surface area contributed by atoms with Gasteiger partial charge in [0.2, 0.25) is 10.0 Å². The van der Waals surface area contributed by atoms with E-state index in [9.17, 15) is 8.42 Å². The lowest BCUT2D eigenvalue weighted by atomic mass is 9.90. The van der Waals surface area contributed by atoms with E-state index >= 15 is 0 Å². The van der Waals surface area contributed by atoms with Gasteiger partial charge in [0.05, 0.1) is 6.26 Å². The summed E-state index contributed by atoms with van der Waals surface area (Å²) < 4.78 is 26.0. The summed E-state index contributed by atoms with van der Waals surface area (Å²) in [5.41, 5.74) is 7.39. The SMILES string of the molecule is CS(=O)(=O)N1CCCC(CC(N)c2ccc(I)cc2)C1. The third-order valence-electron chi connectivity index (χ3n) is 3.84. The highest BCUT2D eigenvalue weighted by atomic mass is 127. The van der Waals surface area contributed by atoms with Gasteiger partial charge in [-0.15, -0.1) is 0 Å². The Kier molecular flexibility index (Phi) is 5.44. The summed E-state index contributed by atoms with van der Waals surface area (Å²) in [5, 5.41) is 0. The van der Waals surface area contributed by atoms with E-state index in [1.54, 1.807) is 4.31 Å². The molecule has 112 valence electrons. The quantitative estimate of drug-likeness (QED) is 0.779. The second-order valence-corrected chi connectivity index (χ2v) is 8.75. The number of hydrogen-bond donors (Lipinski definition) is 1. The average Bonchev–Trinajstić information content (AvgIpc) is 2.38. The topological polar surface area (TPSA) is 63.4 Å². The van der Waals surface area contributed by atoms with Crippen molar-refractivity contribution in [3.05, 3.63) is 33.4 Å². The number of piperidine rings is 1. The molecule has 0 spiro atoms. The minimum Gasteiger partial charge on any atom is -0.324 e. The van der Waals surface area contributed by atoms with Crippen molar-refractivity contribution in [2.45, 2.75) is 25.3 Å². The zero-order chi connectivity index (χ0) is 14.8. The van der Waals surface area contributed by atoms with Gasteiger partial charge in [-0.25, -0.2) is 12.7 Å². The van der Waals surface area contributed by atoms with Gasteiger partial charge in [-0.2, -0.15) is 0 Å². The van der Waals surface area contributed by atoms with Gasteiger partial charge >= 0.3 is 0 Å². The molecule has 1 aromatic rings. The largest absolute Gasteiger partial charge is 0.324 e. The molecule has 0 aliphatic carbocycles. The molecular weight excluding hydrogens is 387 g/mol. The molecule has 4 nitrogen and oxygen atoms in total. The van der Waals surface area contributed by atoms with E-state index in [1.165, 1.54) is 9.83 Å². The maximum absolute atomic E-state index is 11.6. The molecule has 2 N–H and O–H groups in total. The highest BCUT2D eigenvalue weighted by Crippen LogP contribution is 2.27. The van der Waals surface area contributed by atoms with Crippen molar-refractivity contribution in [3.8, 4) is 0 Å². The summed E-state index contributed by atoms with van der Waals surface area (Å²) in [6.45, 7) is 1.25. The van der Waals surface area contributed by atoms with Crippen molar-refractivity contribution in [1.82, 2.24) is 4.31 Å². The normalized spacial score (nSPS) is 22.6. The Labute approximate surface area is 134 Å². The van der Waals surface area contributed by atoms with Crippen molar-refractivity contribution in [2.75, 3.05) is 19.3 Å². The van der Waals surface area contributed by atoms with Gasteiger partial charge in [0.1, 0.15) is 0 Å². The van der Waals surface area contributed by atoms with Crippen LogP contribution in [0.1, 0.15) is 30.9 Å². The maximum Gasteiger partial charge on any atom is 0.211 e. The Morgan fingerprint density at radius 3 is 2.65 bits per heavy atom. The minimum absolute atomic E-state index is 0.0171. The molecule has 2 atom stereocenters. The summed E-state index contributed by atoms with van der Waals surface area (Å²) in [6, 6.07) is 8.21. The highest BCUT2D eigenvalue weighted by molar-refractivity contribution is 14.1. The molecule has 0 saturated carbocycles. The molecule has 1 saturated heterocycles. The zero-order valence-corrected chi connectivity index (χ0v) is 14.6. The molecule has 6 heteroatoms. The van der Waals surface area contributed by atoms with Crippen molar-refractivity contribution >= 4 is 32.6 Å². The lowest BCUT2D eigenvalue weighted by molar-refractivity contribution is 0.247. The monoisotopic (exact) mass is 408 g/mol. The molecule has 1 aliphatic rings. The van der Waals surface area contributed by atoms with E-state index in [0.29, 0.717) is 19.0 Å². The molecule has 1 heterocycles. The number of benzene rings is 1. The molecule has 2 rings (SSSR count). The van der Waals surface area contributed by atoms with Gasteiger partial charge < -0.3 is 5.73 Å². The predicted molar refractivity (Wildman–Crippen MR) is 89.8 cm³/mol. The molecule has 0 amide bonds. The van der Waals surface area contributed by atoms with Crippen LogP contribution in [0.4, 0.5) is 0 Å². The molecule has 1 fully saturated rings. The second kappa shape index (κ2) is 6.72. The Hall–Kier alpha value is -0.180. The van der Waals surface area contributed by atoms with Crippen LogP contribution in [0.25, 0.3) is 0 Å². The molecule has 1 aromatic carbocycles. The van der Waals surface area contributed by atoms with Crippen LogP contribution in [0.3, 0.4) is 0 Å². The summed E-state index contributed by atoms with van der Waals surface area (Å²) in [6.07, 6.45) is 4.11. The minimum atomic E-state index is -3.07. The van der Waals surface area contributed by atoms with Crippen LogP contribution in [-0.2, 0) is 10.0 Å². The van der Waals surface area contributed by atoms with E-state index in [4.69, 9.17) is 5.73 Å². The highest BCUT2D eigenvalue weighted by Gasteiger charge is 2.27. The number of halogens is 1. The summed E-state index contributed by atoms with van der Waals surface area (Å²) in [5.74, 6) is 0.354. The van der Waals surface area contributed by atoms with E-state index in [-0.39, 0.29) is 6.04 Å². The summed E-state index contributed by atoms with van der Waals surface area (Å²) >= 11 is 2.27. The number of nitrogens with zero attached hydrogens (tertiary/aromatic N) is 1. The second-order valence-electron chi connectivity index (χ2n) is 5.52. The molecule has 20 heavy (non-hydrogen) atoms. The first-order valence-corrected chi connectivity index (χ1v) is 9.75. The van der Waals surface area contributed by atoms with Crippen molar-refractivity contribution in [1.29, 1.82) is 0 Å². The van der Waals surface area contributed by atoms with Crippen LogP contribution in [0.5, 0.6) is 0 Å². The first-order chi connectivity index (χ1) is 9.36. The predicted octanol–water partition coefficient (Wildman–Crippen LogP) is 2.35. The van der Waals surface area contributed by atoms with Crippen LogP contribution in [-0.4, -0.2) is 32.1 Å². The van der Waals surface area contributed by atoms with Gasteiger partial charge in [0.25, 0.3) is 0 Å². The molecule has 2 unspecified atom stereocenters. The smallest absolute Gasteiger partial charge is 0.211 e. The van der Waals surface area contributed by atoms with E-state index in [1.807, 2.05) is 0 Å². The zero-order valence-electron chi connectivity index (χ0n) is 11.6. The standard InChI is InChI=1S/C14H21IN2O2S/c1-20(18,19)17-8-2-3-11(10-17)9-14(16)12-4-6-13(15)7-5-12/h4-7,11,14H,2-3,8-10,16H2,1H3. The van der Waals surface area contributed by atoms with Crippen molar-refractivity contribution < 1.29 is 8.42 Å². The van der Waals surface area contributed by atoms with Crippen LogP contribution in [0, 0.1) is 9.49 Å². The Balaban J connectivity index is 1.97. The number of rotatable bonds is 4. The first kappa shape index (κ1) is 16.2. The molecule has 0 bridgehead atoms. The Morgan fingerprint density at radius 1 is 1.40 bits per heavy atom. The number of hydrogen-bond acceptors (Lipinski definition) is 3. The Bertz CT molecular complexity index is 545. The maximum atomic E-state index is 11.6. The van der Waals surface area contributed by atoms with E-state index in [2.05, 4.69) is 46.9 Å². The van der Waals surface area contributed by atoms with Crippen LogP contribution < -0.4 is 5.73 Å². The fourth-order valence-electron chi connectivity index (χ4n) is 2.73. The molecule has 0 aromatic heterocycles. The van der Waals surface area contributed by atoms with Crippen molar-refractivity contribution in [2.24, 2.45) is 11.7 Å². The van der Waals surface area contributed by atoms with Crippen LogP contribution in [0.15, 0.2) is 24.3 Å². The van der Waals surface area contributed by atoms with Gasteiger partial charge in [0.15, 0.2) is 0 Å². The number of nitrogens with two attached hydrogens (primary N) is 1. The molecule has 1 aliphatic heterocycles. The summed E-state index contributed by atoms with van der Waals surface area (Å²) in [4.78, 5) is 0. The first-order valence-electron chi connectivity index (χ1n) is 6.82. The van der Waals surface area contributed by atoms with Crippen LogP contribution in [0.2, 0.25) is 0 Å². The molecule has 0 radical (unpaired) electrons. The third kappa shape index (κ3) is 4.41.